The van der Waals surface area contributed by atoms with Crippen molar-refractivity contribution in [2.45, 2.75) is 6.92 Å². The van der Waals surface area contributed by atoms with Crippen LogP contribution >= 0.6 is 0 Å². The van der Waals surface area contributed by atoms with E-state index in [4.69, 9.17) is 5.11 Å². The van der Waals surface area contributed by atoms with Gasteiger partial charge in [0, 0.05) is 6.07 Å². The predicted octanol–water partition coefficient (Wildman–Crippen LogP) is 2.18. The number of nitrogens with one attached hydrogen (secondary N) is 1. The maximum atomic E-state index is 12.9. The summed E-state index contributed by atoms with van der Waals surface area (Å²) in [7, 11) is 0. The summed E-state index contributed by atoms with van der Waals surface area (Å²) in [5, 5.41) is 10.9. The highest BCUT2D eigenvalue weighted by Crippen LogP contribution is 2.20. The molecule has 90 valence electrons. The van der Waals surface area contributed by atoms with Gasteiger partial charge in [-0.1, -0.05) is 6.08 Å². The van der Waals surface area contributed by atoms with Gasteiger partial charge in [0.25, 0.3) is 0 Å². The standard InChI is InChI=1S/C11H9F2NO3/c1-2-3-10(15)14-9-5-8(13)7(12)4-6(9)11(16)17/h2-5H,1H3,(H,14,15)(H,16,17). The van der Waals surface area contributed by atoms with Crippen molar-refractivity contribution >= 4 is 17.6 Å². The van der Waals surface area contributed by atoms with Crippen LogP contribution in [0.4, 0.5) is 14.5 Å². The Kier molecular flexibility index (Phi) is 3.92. The van der Waals surface area contributed by atoms with Crippen LogP contribution in [0.5, 0.6) is 0 Å². The highest BCUT2D eigenvalue weighted by atomic mass is 19.2. The number of carbonyl (C=O) groups is 2. The topological polar surface area (TPSA) is 66.4 Å². The van der Waals surface area contributed by atoms with E-state index in [-0.39, 0.29) is 5.69 Å². The molecule has 0 spiro atoms. The van der Waals surface area contributed by atoms with Gasteiger partial charge in [0.2, 0.25) is 5.91 Å². The van der Waals surface area contributed by atoms with Crippen LogP contribution < -0.4 is 5.32 Å². The molecule has 0 aliphatic carbocycles. The van der Waals surface area contributed by atoms with Crippen molar-refractivity contribution in [1.82, 2.24) is 0 Å². The van der Waals surface area contributed by atoms with Crippen molar-refractivity contribution in [3.63, 3.8) is 0 Å². The van der Waals surface area contributed by atoms with Gasteiger partial charge in [0.05, 0.1) is 11.3 Å². The van der Waals surface area contributed by atoms with Crippen LogP contribution in [-0.4, -0.2) is 17.0 Å². The van der Waals surface area contributed by atoms with Gasteiger partial charge in [-0.2, -0.15) is 0 Å². The smallest absolute Gasteiger partial charge is 0.337 e. The lowest BCUT2D eigenvalue weighted by atomic mass is 10.1. The Labute approximate surface area is 95.6 Å². The summed E-state index contributed by atoms with van der Waals surface area (Å²) in [6, 6.07) is 1.14. The van der Waals surface area contributed by atoms with Crippen molar-refractivity contribution in [1.29, 1.82) is 0 Å². The molecule has 1 aromatic rings. The molecule has 2 N–H and O–H groups in total. The SMILES string of the molecule is CC=CC(=O)Nc1cc(F)c(F)cc1C(=O)O. The minimum Gasteiger partial charge on any atom is -0.478 e. The molecule has 1 amide bonds. The van der Waals surface area contributed by atoms with Crippen LogP contribution in [0.1, 0.15) is 17.3 Å². The molecule has 6 heteroatoms. The minimum absolute atomic E-state index is 0.292. The monoisotopic (exact) mass is 241 g/mol. The molecule has 0 heterocycles. The fraction of sp³-hybridized carbons (Fsp3) is 0.0909. The second-order valence-electron chi connectivity index (χ2n) is 3.11. The third-order valence-electron chi connectivity index (χ3n) is 1.87. The molecule has 0 fully saturated rings. The van der Waals surface area contributed by atoms with E-state index in [0.29, 0.717) is 12.1 Å². The van der Waals surface area contributed by atoms with E-state index in [1.165, 1.54) is 6.08 Å². The highest BCUT2D eigenvalue weighted by molar-refractivity contribution is 6.04. The van der Waals surface area contributed by atoms with E-state index in [1.807, 2.05) is 0 Å². The Morgan fingerprint density at radius 3 is 2.41 bits per heavy atom. The van der Waals surface area contributed by atoms with Crippen LogP contribution in [0.3, 0.4) is 0 Å². The highest BCUT2D eigenvalue weighted by Gasteiger charge is 2.16. The zero-order chi connectivity index (χ0) is 13.0. The second kappa shape index (κ2) is 5.20. The zero-order valence-corrected chi connectivity index (χ0v) is 8.83. The third kappa shape index (κ3) is 3.10. The number of allylic oxidation sites excluding steroid dienone is 1. The number of rotatable bonds is 3. The Morgan fingerprint density at radius 2 is 1.88 bits per heavy atom. The Bertz CT molecular complexity index is 498. The van der Waals surface area contributed by atoms with E-state index in [2.05, 4.69) is 5.32 Å². The molecule has 0 unspecified atom stereocenters. The number of carbonyl (C=O) groups excluding carboxylic acids is 1. The molecule has 0 aromatic heterocycles. The lowest BCUT2D eigenvalue weighted by Crippen LogP contribution is -2.13. The van der Waals surface area contributed by atoms with E-state index >= 15 is 0 Å². The first-order valence-corrected chi connectivity index (χ1v) is 4.61. The van der Waals surface area contributed by atoms with Gasteiger partial charge in [-0.3, -0.25) is 4.79 Å². The molecule has 0 saturated carbocycles. The van der Waals surface area contributed by atoms with Gasteiger partial charge >= 0.3 is 5.97 Å². The molecular weight excluding hydrogens is 232 g/mol. The fourth-order valence-corrected chi connectivity index (χ4v) is 1.15. The average molecular weight is 241 g/mol. The lowest BCUT2D eigenvalue weighted by Gasteiger charge is -2.07. The summed E-state index contributed by atoms with van der Waals surface area (Å²) in [5.74, 6) is -4.60. The first-order valence-electron chi connectivity index (χ1n) is 4.61. The number of hydrogen-bond acceptors (Lipinski definition) is 2. The number of aromatic carboxylic acids is 1. The fourth-order valence-electron chi connectivity index (χ4n) is 1.15. The van der Waals surface area contributed by atoms with Crippen molar-refractivity contribution in [3.05, 3.63) is 41.5 Å². The van der Waals surface area contributed by atoms with Gasteiger partial charge in [-0.15, -0.1) is 0 Å². The number of amides is 1. The molecule has 4 nitrogen and oxygen atoms in total. The van der Waals surface area contributed by atoms with Crippen molar-refractivity contribution in [3.8, 4) is 0 Å². The molecule has 0 saturated heterocycles. The molecule has 1 rings (SSSR count). The number of anilines is 1. The van der Waals surface area contributed by atoms with Crippen LogP contribution in [0.15, 0.2) is 24.3 Å². The van der Waals surface area contributed by atoms with Crippen molar-refractivity contribution in [2.75, 3.05) is 5.32 Å². The van der Waals surface area contributed by atoms with E-state index in [9.17, 15) is 18.4 Å². The number of carboxylic acid groups (broad SMARTS) is 1. The first-order chi connectivity index (χ1) is 7.95. The van der Waals surface area contributed by atoms with Gasteiger partial charge in [-0.25, -0.2) is 13.6 Å². The summed E-state index contributed by atoms with van der Waals surface area (Å²) in [6.45, 7) is 1.59. The summed E-state index contributed by atoms with van der Waals surface area (Å²) >= 11 is 0. The molecular formula is C11H9F2NO3. The third-order valence-corrected chi connectivity index (χ3v) is 1.87. The van der Waals surface area contributed by atoms with Gasteiger partial charge in [0.15, 0.2) is 11.6 Å². The van der Waals surface area contributed by atoms with Gasteiger partial charge in [-0.05, 0) is 19.1 Å². The number of carboxylic acids is 1. The second-order valence-corrected chi connectivity index (χ2v) is 3.11. The zero-order valence-electron chi connectivity index (χ0n) is 8.83. The maximum absolute atomic E-state index is 12.9. The summed E-state index contributed by atoms with van der Waals surface area (Å²) < 4.78 is 25.8. The van der Waals surface area contributed by atoms with Crippen LogP contribution in [-0.2, 0) is 4.79 Å². The summed E-state index contributed by atoms with van der Waals surface area (Å²) in [5.41, 5.74) is -0.804. The Hall–Kier alpha value is -2.24. The largest absolute Gasteiger partial charge is 0.478 e. The van der Waals surface area contributed by atoms with E-state index in [0.717, 1.165) is 6.08 Å². The molecule has 0 aliphatic heterocycles. The number of halogens is 2. The Morgan fingerprint density at radius 1 is 1.29 bits per heavy atom. The number of benzene rings is 1. The molecule has 17 heavy (non-hydrogen) atoms. The molecule has 0 aliphatic rings. The van der Waals surface area contributed by atoms with Crippen LogP contribution in [0.2, 0.25) is 0 Å². The lowest BCUT2D eigenvalue weighted by molar-refractivity contribution is -0.111. The van der Waals surface area contributed by atoms with Crippen molar-refractivity contribution in [2.24, 2.45) is 0 Å². The molecule has 0 atom stereocenters. The van der Waals surface area contributed by atoms with Crippen molar-refractivity contribution < 1.29 is 23.5 Å². The predicted molar refractivity (Wildman–Crippen MR) is 56.8 cm³/mol. The number of hydrogen-bond donors (Lipinski definition) is 2. The van der Waals surface area contributed by atoms with E-state index < -0.39 is 29.1 Å². The van der Waals surface area contributed by atoms with Crippen LogP contribution in [0.25, 0.3) is 0 Å². The van der Waals surface area contributed by atoms with Gasteiger partial charge < -0.3 is 10.4 Å². The average Bonchev–Trinajstić information content (AvgIpc) is 2.23. The summed E-state index contributed by atoms with van der Waals surface area (Å²) in [4.78, 5) is 21.9. The molecule has 0 bridgehead atoms. The first kappa shape index (κ1) is 12.8. The van der Waals surface area contributed by atoms with Gasteiger partial charge in [0.1, 0.15) is 0 Å². The van der Waals surface area contributed by atoms with E-state index in [1.54, 1.807) is 6.92 Å². The quantitative estimate of drug-likeness (QED) is 0.797. The molecule has 0 radical (unpaired) electrons. The maximum Gasteiger partial charge on any atom is 0.337 e. The van der Waals surface area contributed by atoms with Crippen LogP contribution in [0, 0.1) is 11.6 Å². The molecule has 1 aromatic carbocycles. The Balaban J connectivity index is 3.17. The summed E-state index contributed by atoms with van der Waals surface area (Å²) in [6.07, 6.45) is 2.56. The minimum atomic E-state index is -1.46. The normalized spacial score (nSPS) is 10.5.